The molecule has 4 nitrogen and oxygen atoms in total. The summed E-state index contributed by atoms with van der Waals surface area (Å²) in [7, 11) is 0. The molecule has 1 N–H and O–H groups in total. The molecule has 0 saturated carbocycles. The normalized spacial score (nSPS) is 10.4. The molecule has 0 saturated heterocycles. The molecule has 2 rings (SSSR count). The van der Waals surface area contributed by atoms with Crippen LogP contribution >= 0.6 is 12.2 Å². The molecule has 27 heavy (non-hydrogen) atoms. The number of carbonyl (C=O) groups is 1. The van der Waals surface area contributed by atoms with E-state index in [1.807, 2.05) is 38.1 Å². The van der Waals surface area contributed by atoms with Crippen molar-refractivity contribution in [2.45, 2.75) is 40.5 Å². The van der Waals surface area contributed by atoms with E-state index < -0.39 is 0 Å². The number of amides is 1. The molecule has 0 heterocycles. The third-order valence-corrected chi connectivity index (χ3v) is 4.65. The number of carbonyl (C=O) groups excluding carboxylic acids is 1. The van der Waals surface area contributed by atoms with E-state index in [9.17, 15) is 4.79 Å². The Bertz CT molecular complexity index is 799. The Hall–Kier alpha value is -2.40. The topological polar surface area (TPSA) is 41.6 Å². The summed E-state index contributed by atoms with van der Waals surface area (Å²) in [4.78, 5) is 14.6. The quantitative estimate of drug-likeness (QED) is 0.654. The van der Waals surface area contributed by atoms with Gasteiger partial charge in [-0.2, -0.15) is 0 Å². The molecule has 0 aromatic heterocycles. The minimum Gasteiger partial charge on any atom is -0.432 e. The molecule has 5 heteroatoms. The van der Waals surface area contributed by atoms with E-state index in [4.69, 9.17) is 17.0 Å². The van der Waals surface area contributed by atoms with Gasteiger partial charge in [0.05, 0.1) is 0 Å². The van der Waals surface area contributed by atoms with Crippen LogP contribution in [0.3, 0.4) is 0 Å². The number of nitrogens with one attached hydrogen (secondary N) is 1. The molecule has 2 aromatic carbocycles. The van der Waals surface area contributed by atoms with Crippen LogP contribution < -0.4 is 10.1 Å². The maximum atomic E-state index is 12.6. The van der Waals surface area contributed by atoms with Crippen molar-refractivity contribution in [2.75, 3.05) is 18.4 Å². The van der Waals surface area contributed by atoms with Crippen molar-refractivity contribution < 1.29 is 9.53 Å². The van der Waals surface area contributed by atoms with Crippen LogP contribution in [0.15, 0.2) is 42.5 Å². The van der Waals surface area contributed by atoms with Gasteiger partial charge >= 0.3 is 0 Å². The lowest BCUT2D eigenvalue weighted by Gasteiger charge is -2.23. The maximum absolute atomic E-state index is 12.6. The van der Waals surface area contributed by atoms with Crippen LogP contribution in [0.25, 0.3) is 0 Å². The molecule has 0 radical (unpaired) electrons. The lowest BCUT2D eigenvalue weighted by molar-refractivity contribution is 0.102. The average molecular weight is 385 g/mol. The third-order valence-electron chi connectivity index (χ3n) is 4.31. The summed E-state index contributed by atoms with van der Waals surface area (Å²) in [6.45, 7) is 10.0. The van der Waals surface area contributed by atoms with Gasteiger partial charge < -0.3 is 15.0 Å². The molecule has 0 aliphatic rings. The van der Waals surface area contributed by atoms with Gasteiger partial charge in [0.1, 0.15) is 5.75 Å². The first kappa shape index (κ1) is 20.9. The molecule has 144 valence electrons. The molecule has 0 aliphatic carbocycles. The first-order valence-corrected chi connectivity index (χ1v) is 9.80. The van der Waals surface area contributed by atoms with Crippen molar-refractivity contribution in [3.05, 3.63) is 59.2 Å². The fraction of sp³-hybridized carbons (Fsp3) is 0.364. The van der Waals surface area contributed by atoms with Crippen molar-refractivity contribution in [3.8, 4) is 5.75 Å². The van der Waals surface area contributed by atoms with Crippen LogP contribution in [0.5, 0.6) is 5.75 Å². The number of nitrogens with zero attached hydrogens (tertiary/aromatic N) is 1. The number of anilines is 1. The van der Waals surface area contributed by atoms with Crippen LogP contribution in [0.1, 0.15) is 48.2 Å². The number of thiocarbonyl (C=S) groups is 1. The second kappa shape index (κ2) is 10.1. The Morgan fingerprint density at radius 2 is 1.74 bits per heavy atom. The second-order valence-electron chi connectivity index (χ2n) is 6.64. The van der Waals surface area contributed by atoms with E-state index in [2.05, 4.69) is 24.1 Å². The highest BCUT2D eigenvalue weighted by Crippen LogP contribution is 2.18. The van der Waals surface area contributed by atoms with E-state index in [1.54, 1.807) is 18.2 Å². The van der Waals surface area contributed by atoms with Gasteiger partial charge in [0.15, 0.2) is 0 Å². The lowest BCUT2D eigenvalue weighted by Crippen LogP contribution is -2.34. The van der Waals surface area contributed by atoms with Gasteiger partial charge in [-0.15, -0.1) is 0 Å². The van der Waals surface area contributed by atoms with Gasteiger partial charge in [0.25, 0.3) is 11.1 Å². The van der Waals surface area contributed by atoms with Gasteiger partial charge in [0.2, 0.25) is 0 Å². The maximum Gasteiger partial charge on any atom is 0.264 e. The molecule has 0 spiro atoms. The Labute approximate surface area is 167 Å². The van der Waals surface area contributed by atoms with Crippen LogP contribution in [0, 0.1) is 13.8 Å². The number of hydrogen-bond acceptors (Lipinski definition) is 3. The van der Waals surface area contributed by atoms with Crippen LogP contribution in [-0.2, 0) is 0 Å². The number of aryl methyl sites for hydroxylation is 2. The summed E-state index contributed by atoms with van der Waals surface area (Å²) >= 11 is 5.43. The van der Waals surface area contributed by atoms with Gasteiger partial charge in [-0.05, 0) is 80.4 Å². The van der Waals surface area contributed by atoms with Crippen molar-refractivity contribution in [2.24, 2.45) is 0 Å². The average Bonchev–Trinajstić information content (AvgIpc) is 2.64. The number of benzene rings is 2. The number of ether oxygens (including phenoxy) is 1. The molecule has 0 fully saturated rings. The summed E-state index contributed by atoms with van der Waals surface area (Å²) < 4.78 is 5.83. The predicted octanol–water partition coefficient (Wildman–Crippen LogP) is 5.34. The number of rotatable bonds is 7. The SMILES string of the molecule is CCCN(CCC)C(=S)Oc1cccc(C(=O)Nc2ccc(C)c(C)c2)c1. The summed E-state index contributed by atoms with van der Waals surface area (Å²) in [5.41, 5.74) is 3.65. The lowest BCUT2D eigenvalue weighted by atomic mass is 10.1. The first-order valence-electron chi connectivity index (χ1n) is 9.40. The minimum absolute atomic E-state index is 0.173. The zero-order valence-electron chi connectivity index (χ0n) is 16.5. The van der Waals surface area contributed by atoms with Gasteiger partial charge in [-0.1, -0.05) is 26.0 Å². The zero-order valence-corrected chi connectivity index (χ0v) is 17.4. The van der Waals surface area contributed by atoms with Crippen LogP contribution in [-0.4, -0.2) is 29.1 Å². The van der Waals surface area contributed by atoms with Crippen molar-refractivity contribution >= 4 is 29.0 Å². The fourth-order valence-electron chi connectivity index (χ4n) is 2.72. The van der Waals surface area contributed by atoms with Gasteiger partial charge in [0, 0.05) is 24.3 Å². The summed E-state index contributed by atoms with van der Waals surface area (Å²) in [6.07, 6.45) is 2.00. The molecule has 1 amide bonds. The summed E-state index contributed by atoms with van der Waals surface area (Å²) in [6, 6.07) is 13.0. The fourth-order valence-corrected chi connectivity index (χ4v) is 3.00. The second-order valence-corrected chi connectivity index (χ2v) is 6.99. The molecule has 2 aromatic rings. The standard InChI is InChI=1S/C22H28N2O2S/c1-5-12-24(13-6-2)22(27)26-20-9-7-8-18(15-20)21(25)23-19-11-10-16(3)17(4)14-19/h7-11,14-15H,5-6,12-13H2,1-4H3,(H,23,25). The summed E-state index contributed by atoms with van der Waals surface area (Å²) in [5.74, 6) is 0.401. The van der Waals surface area contributed by atoms with Crippen molar-refractivity contribution in [1.82, 2.24) is 4.90 Å². The van der Waals surface area contributed by atoms with Crippen molar-refractivity contribution in [1.29, 1.82) is 0 Å². The highest BCUT2D eigenvalue weighted by molar-refractivity contribution is 7.80. The zero-order chi connectivity index (χ0) is 19.8. The highest BCUT2D eigenvalue weighted by Gasteiger charge is 2.12. The molecular weight excluding hydrogens is 356 g/mol. The van der Waals surface area contributed by atoms with E-state index in [-0.39, 0.29) is 5.91 Å². The third kappa shape index (κ3) is 6.07. The van der Waals surface area contributed by atoms with E-state index in [0.29, 0.717) is 16.5 Å². The van der Waals surface area contributed by atoms with Gasteiger partial charge in [-0.25, -0.2) is 0 Å². The summed E-state index contributed by atoms with van der Waals surface area (Å²) in [5, 5.41) is 3.38. The molecule has 0 bridgehead atoms. The van der Waals surface area contributed by atoms with Crippen LogP contribution in [0.4, 0.5) is 5.69 Å². The first-order chi connectivity index (χ1) is 12.9. The highest BCUT2D eigenvalue weighted by atomic mass is 32.1. The number of hydrogen-bond donors (Lipinski definition) is 1. The van der Waals surface area contributed by atoms with Crippen LogP contribution in [0.2, 0.25) is 0 Å². The van der Waals surface area contributed by atoms with Gasteiger partial charge in [-0.3, -0.25) is 4.79 Å². The molecular formula is C22H28N2O2S. The Morgan fingerprint density at radius 1 is 1.04 bits per heavy atom. The monoisotopic (exact) mass is 384 g/mol. The smallest absolute Gasteiger partial charge is 0.264 e. The van der Waals surface area contributed by atoms with E-state index in [0.717, 1.165) is 37.2 Å². The largest absolute Gasteiger partial charge is 0.432 e. The molecule has 0 unspecified atom stereocenters. The molecule has 0 aliphatic heterocycles. The minimum atomic E-state index is -0.173. The Balaban J connectivity index is 2.08. The molecule has 0 atom stereocenters. The van der Waals surface area contributed by atoms with E-state index in [1.165, 1.54) is 5.56 Å². The predicted molar refractivity (Wildman–Crippen MR) is 116 cm³/mol. The van der Waals surface area contributed by atoms with Crippen molar-refractivity contribution in [3.63, 3.8) is 0 Å². The Kier molecular flexibility index (Phi) is 7.80. The van der Waals surface area contributed by atoms with E-state index >= 15 is 0 Å². The Morgan fingerprint density at radius 3 is 2.37 bits per heavy atom.